The van der Waals surface area contributed by atoms with Crippen LogP contribution in [0.15, 0.2) is 48.5 Å². The molecule has 0 bridgehead atoms. The predicted octanol–water partition coefficient (Wildman–Crippen LogP) is 3.17. The zero-order chi connectivity index (χ0) is 18.5. The normalized spacial score (nSPS) is 16.5. The molecular formula is C21H23NO4. The Labute approximate surface area is 153 Å². The fraction of sp³-hybridized carbons (Fsp3) is 0.333. The van der Waals surface area contributed by atoms with Crippen molar-refractivity contribution < 1.29 is 19.4 Å². The lowest BCUT2D eigenvalue weighted by Gasteiger charge is -2.25. The van der Waals surface area contributed by atoms with Crippen LogP contribution in [0.25, 0.3) is 0 Å². The average Bonchev–Trinajstić information content (AvgIpc) is 3.10. The summed E-state index contributed by atoms with van der Waals surface area (Å²) in [6.07, 6.45) is 2.95. The van der Waals surface area contributed by atoms with Crippen LogP contribution in [-0.2, 0) is 17.6 Å². The quantitative estimate of drug-likeness (QED) is 0.866. The number of ether oxygens (including phenoxy) is 1. The summed E-state index contributed by atoms with van der Waals surface area (Å²) in [7, 11) is 1.66. The van der Waals surface area contributed by atoms with Crippen molar-refractivity contribution in [3.05, 3.63) is 65.2 Å². The van der Waals surface area contributed by atoms with Crippen molar-refractivity contribution in [2.24, 2.45) is 0 Å². The summed E-state index contributed by atoms with van der Waals surface area (Å²) in [6.45, 7) is 0.747. The number of carbonyl (C=O) groups is 2. The molecule has 1 atom stereocenters. The molecule has 1 N–H and O–H groups in total. The Morgan fingerprint density at radius 3 is 2.77 bits per heavy atom. The minimum absolute atomic E-state index is 0.0462. The van der Waals surface area contributed by atoms with Crippen LogP contribution in [0.1, 0.15) is 34.3 Å². The van der Waals surface area contributed by atoms with Crippen molar-refractivity contribution in [1.29, 1.82) is 0 Å². The minimum atomic E-state index is -0.977. The second-order valence-electron chi connectivity index (χ2n) is 6.58. The minimum Gasteiger partial charge on any atom is -0.496 e. The van der Waals surface area contributed by atoms with Gasteiger partial charge in [-0.2, -0.15) is 0 Å². The second kappa shape index (κ2) is 8.04. The van der Waals surface area contributed by atoms with Crippen LogP contribution in [0.3, 0.4) is 0 Å². The van der Waals surface area contributed by atoms with E-state index in [9.17, 15) is 9.59 Å². The van der Waals surface area contributed by atoms with E-state index >= 15 is 0 Å². The Hall–Kier alpha value is -2.82. The van der Waals surface area contributed by atoms with Crippen molar-refractivity contribution in [3.8, 4) is 5.75 Å². The summed E-state index contributed by atoms with van der Waals surface area (Å²) >= 11 is 0. The van der Waals surface area contributed by atoms with Gasteiger partial charge in [-0.1, -0.05) is 30.3 Å². The Bertz CT molecular complexity index is 802. The molecule has 0 saturated carbocycles. The highest BCUT2D eigenvalue weighted by molar-refractivity contribution is 5.88. The smallest absolute Gasteiger partial charge is 0.335 e. The SMILES string of the molecule is COc1ccccc1CC1CCCN1C(=O)Cc1cccc(C(=O)O)c1. The van der Waals surface area contributed by atoms with Gasteiger partial charge in [-0.15, -0.1) is 0 Å². The maximum Gasteiger partial charge on any atom is 0.335 e. The molecule has 3 rings (SSSR count). The van der Waals surface area contributed by atoms with E-state index in [-0.39, 0.29) is 23.9 Å². The van der Waals surface area contributed by atoms with E-state index in [2.05, 4.69) is 0 Å². The Morgan fingerprint density at radius 1 is 1.19 bits per heavy atom. The highest BCUT2D eigenvalue weighted by atomic mass is 16.5. The molecular weight excluding hydrogens is 330 g/mol. The highest BCUT2D eigenvalue weighted by Crippen LogP contribution is 2.26. The number of rotatable bonds is 6. The Morgan fingerprint density at radius 2 is 2.00 bits per heavy atom. The fourth-order valence-electron chi connectivity index (χ4n) is 3.59. The number of nitrogens with zero attached hydrogens (tertiary/aromatic N) is 1. The number of hydrogen-bond donors (Lipinski definition) is 1. The highest BCUT2D eigenvalue weighted by Gasteiger charge is 2.29. The monoisotopic (exact) mass is 353 g/mol. The standard InChI is InChI=1S/C21H23NO4/c1-26-19-10-3-2-7-16(19)14-18-9-5-11-22(18)20(23)13-15-6-4-8-17(12-15)21(24)25/h2-4,6-8,10,12,18H,5,9,11,13-14H2,1H3,(H,24,25). The van der Waals surface area contributed by atoms with E-state index in [1.54, 1.807) is 25.3 Å². The van der Waals surface area contributed by atoms with Gasteiger partial charge in [-0.05, 0) is 48.6 Å². The van der Waals surface area contributed by atoms with Crippen LogP contribution in [0.5, 0.6) is 5.75 Å². The summed E-state index contributed by atoms with van der Waals surface area (Å²) in [6, 6.07) is 14.7. The van der Waals surface area contributed by atoms with Crippen LogP contribution < -0.4 is 4.74 Å². The van der Waals surface area contributed by atoms with Crippen molar-refractivity contribution in [2.75, 3.05) is 13.7 Å². The van der Waals surface area contributed by atoms with Gasteiger partial charge < -0.3 is 14.7 Å². The van der Waals surface area contributed by atoms with Gasteiger partial charge in [0.2, 0.25) is 5.91 Å². The predicted molar refractivity (Wildman–Crippen MR) is 98.5 cm³/mol. The van der Waals surface area contributed by atoms with E-state index < -0.39 is 5.97 Å². The number of carboxylic acids is 1. The first-order valence-corrected chi connectivity index (χ1v) is 8.82. The number of para-hydroxylation sites is 1. The molecule has 136 valence electrons. The van der Waals surface area contributed by atoms with E-state index in [0.717, 1.165) is 42.7 Å². The fourth-order valence-corrected chi connectivity index (χ4v) is 3.59. The molecule has 1 aliphatic heterocycles. The third-order valence-corrected chi connectivity index (χ3v) is 4.87. The topological polar surface area (TPSA) is 66.8 Å². The molecule has 5 heteroatoms. The summed E-state index contributed by atoms with van der Waals surface area (Å²) in [4.78, 5) is 25.8. The first kappa shape index (κ1) is 18.0. The molecule has 0 aromatic heterocycles. The van der Waals surface area contributed by atoms with E-state index in [0.29, 0.717) is 0 Å². The number of methoxy groups -OCH3 is 1. The molecule has 1 unspecified atom stereocenters. The van der Waals surface area contributed by atoms with Crippen LogP contribution in [0.2, 0.25) is 0 Å². The third kappa shape index (κ3) is 4.04. The van der Waals surface area contributed by atoms with E-state index in [1.165, 1.54) is 6.07 Å². The number of carboxylic acid groups (broad SMARTS) is 1. The number of benzene rings is 2. The van der Waals surface area contributed by atoms with Crippen LogP contribution >= 0.6 is 0 Å². The van der Waals surface area contributed by atoms with Gasteiger partial charge in [0.15, 0.2) is 0 Å². The number of amides is 1. The first-order valence-electron chi connectivity index (χ1n) is 8.82. The number of hydrogen-bond acceptors (Lipinski definition) is 3. The van der Waals surface area contributed by atoms with Gasteiger partial charge in [-0.25, -0.2) is 4.79 Å². The van der Waals surface area contributed by atoms with Gasteiger partial charge in [0.05, 0.1) is 19.1 Å². The number of carbonyl (C=O) groups excluding carboxylic acids is 1. The van der Waals surface area contributed by atoms with Crippen molar-refractivity contribution >= 4 is 11.9 Å². The van der Waals surface area contributed by atoms with Crippen LogP contribution in [0, 0.1) is 0 Å². The molecule has 0 aliphatic carbocycles. The molecule has 5 nitrogen and oxygen atoms in total. The van der Waals surface area contributed by atoms with Crippen molar-refractivity contribution in [3.63, 3.8) is 0 Å². The number of likely N-dealkylation sites (tertiary alicyclic amines) is 1. The molecule has 1 saturated heterocycles. The lowest BCUT2D eigenvalue weighted by molar-refractivity contribution is -0.131. The lowest BCUT2D eigenvalue weighted by Crippen LogP contribution is -2.37. The summed E-state index contributed by atoms with van der Waals surface area (Å²) in [5, 5.41) is 9.10. The molecule has 1 fully saturated rings. The molecule has 1 heterocycles. The van der Waals surface area contributed by atoms with Gasteiger partial charge in [0.1, 0.15) is 5.75 Å². The van der Waals surface area contributed by atoms with Crippen molar-refractivity contribution in [1.82, 2.24) is 4.90 Å². The van der Waals surface area contributed by atoms with E-state index in [1.807, 2.05) is 29.2 Å². The van der Waals surface area contributed by atoms with Gasteiger partial charge in [0.25, 0.3) is 0 Å². The molecule has 0 radical (unpaired) electrons. The van der Waals surface area contributed by atoms with Gasteiger partial charge in [-0.3, -0.25) is 4.79 Å². The summed E-state index contributed by atoms with van der Waals surface area (Å²) in [5.74, 6) is -0.0829. The molecule has 2 aromatic rings. The first-order chi connectivity index (χ1) is 12.6. The van der Waals surface area contributed by atoms with Crippen LogP contribution in [-0.4, -0.2) is 41.6 Å². The molecule has 2 aromatic carbocycles. The summed E-state index contributed by atoms with van der Waals surface area (Å²) < 4.78 is 5.42. The largest absolute Gasteiger partial charge is 0.496 e. The van der Waals surface area contributed by atoms with E-state index in [4.69, 9.17) is 9.84 Å². The Balaban J connectivity index is 1.70. The van der Waals surface area contributed by atoms with Crippen molar-refractivity contribution in [2.45, 2.75) is 31.7 Å². The molecule has 26 heavy (non-hydrogen) atoms. The molecule has 1 amide bonds. The van der Waals surface area contributed by atoms with Crippen LogP contribution in [0.4, 0.5) is 0 Å². The third-order valence-electron chi connectivity index (χ3n) is 4.87. The maximum atomic E-state index is 12.8. The second-order valence-corrected chi connectivity index (χ2v) is 6.58. The zero-order valence-corrected chi connectivity index (χ0v) is 14.9. The lowest BCUT2D eigenvalue weighted by atomic mass is 10.0. The van der Waals surface area contributed by atoms with Gasteiger partial charge in [0, 0.05) is 12.6 Å². The Kier molecular flexibility index (Phi) is 5.56. The summed E-state index contributed by atoms with van der Waals surface area (Å²) in [5.41, 5.74) is 2.05. The van der Waals surface area contributed by atoms with Gasteiger partial charge >= 0.3 is 5.97 Å². The zero-order valence-electron chi connectivity index (χ0n) is 14.9. The maximum absolute atomic E-state index is 12.8. The number of aromatic carboxylic acids is 1. The molecule has 1 aliphatic rings. The average molecular weight is 353 g/mol. The molecule has 0 spiro atoms.